The Kier molecular flexibility index (Phi) is 15.0. The van der Waals surface area contributed by atoms with Crippen LogP contribution in [-0.2, 0) is 22.2 Å². The van der Waals surface area contributed by atoms with Gasteiger partial charge < -0.3 is 32.6 Å². The Labute approximate surface area is 151 Å². The molecule has 1 unspecified atom stereocenters. The van der Waals surface area contributed by atoms with Crippen molar-refractivity contribution in [3.8, 4) is 0 Å². The van der Waals surface area contributed by atoms with Gasteiger partial charge in [-0.1, -0.05) is 0 Å². The molecule has 1 atom stereocenters. The summed E-state index contributed by atoms with van der Waals surface area (Å²) in [6.45, 7) is 5.06. The van der Waals surface area contributed by atoms with E-state index in [4.69, 9.17) is 4.74 Å². The summed E-state index contributed by atoms with van der Waals surface area (Å²) in [6.07, 6.45) is -0.628. The van der Waals surface area contributed by atoms with E-state index in [1.165, 1.54) is 0 Å². The molecule has 0 rings (SSSR count). The number of aliphatic carboxylic acids is 1. The standard InChI is InChI=1S/C9H17NO4S.2Na/c1-9(2,3)14-8(13)10-6(4-5-15)7(11)12;;/h6,15H,4-5H2,1-3H3,(H,10,13)(H,11,12);;/q;2*+1/p-2. The molecule has 0 bridgehead atoms. The van der Waals surface area contributed by atoms with Crippen molar-refractivity contribution >= 4 is 24.7 Å². The van der Waals surface area contributed by atoms with Crippen LogP contribution in [0.25, 0.3) is 0 Å². The van der Waals surface area contributed by atoms with Gasteiger partial charge in [-0.2, -0.15) is 5.75 Å². The van der Waals surface area contributed by atoms with Crippen LogP contribution in [-0.4, -0.2) is 29.5 Å². The zero-order valence-corrected chi connectivity index (χ0v) is 15.8. The van der Waals surface area contributed by atoms with Crippen LogP contribution < -0.4 is 69.5 Å². The molecule has 0 radical (unpaired) electrons. The molecule has 0 aromatic rings. The van der Waals surface area contributed by atoms with Crippen molar-refractivity contribution in [3.63, 3.8) is 0 Å². The van der Waals surface area contributed by atoms with E-state index >= 15 is 0 Å². The molecule has 0 spiro atoms. The monoisotopic (exact) mass is 279 g/mol. The molecule has 5 nitrogen and oxygen atoms in total. The number of carbonyl (C=O) groups excluding carboxylic acids is 2. The van der Waals surface area contributed by atoms with Gasteiger partial charge in [0.2, 0.25) is 0 Å². The average Bonchev–Trinajstić information content (AvgIpc) is 1.99. The number of amides is 1. The van der Waals surface area contributed by atoms with Crippen molar-refractivity contribution < 1.29 is 78.5 Å². The summed E-state index contributed by atoms with van der Waals surface area (Å²) in [5.74, 6) is -1.13. The number of hydrogen-bond donors (Lipinski definition) is 1. The number of nitrogens with one attached hydrogen (secondary N) is 1. The number of rotatable bonds is 4. The van der Waals surface area contributed by atoms with E-state index < -0.39 is 23.7 Å². The summed E-state index contributed by atoms with van der Waals surface area (Å²) in [6, 6.07) is -1.09. The quantitative estimate of drug-likeness (QED) is 0.409. The van der Waals surface area contributed by atoms with Gasteiger partial charge in [0, 0.05) is 0 Å². The van der Waals surface area contributed by atoms with Crippen LogP contribution in [0.5, 0.6) is 0 Å². The number of hydrogen-bond acceptors (Lipinski definition) is 5. The average molecular weight is 279 g/mol. The van der Waals surface area contributed by atoms with Gasteiger partial charge in [0.25, 0.3) is 0 Å². The predicted octanol–water partition coefficient (Wildman–Crippen LogP) is -6.43. The van der Waals surface area contributed by atoms with Crippen molar-refractivity contribution in [2.75, 3.05) is 5.75 Å². The first-order valence-corrected chi connectivity index (χ1v) is 5.12. The number of alkyl carbamates (subject to hydrolysis) is 1. The molecule has 8 heteroatoms. The van der Waals surface area contributed by atoms with Crippen LogP contribution in [0, 0.1) is 0 Å². The van der Waals surface area contributed by atoms with Crippen molar-refractivity contribution in [3.05, 3.63) is 0 Å². The maximum Gasteiger partial charge on any atom is 1.00 e. The fraction of sp³-hybridized carbons (Fsp3) is 0.778. The fourth-order valence-corrected chi connectivity index (χ4v) is 1.05. The molecule has 17 heavy (non-hydrogen) atoms. The number of ether oxygens (including phenoxy) is 1. The minimum atomic E-state index is -1.36. The molecule has 0 aliphatic carbocycles. The van der Waals surface area contributed by atoms with Crippen LogP contribution in [0.1, 0.15) is 27.2 Å². The predicted molar refractivity (Wildman–Crippen MR) is 55.0 cm³/mol. The van der Waals surface area contributed by atoms with Crippen LogP contribution in [0.2, 0.25) is 0 Å². The molecule has 0 saturated heterocycles. The van der Waals surface area contributed by atoms with E-state index in [0.29, 0.717) is 0 Å². The minimum absolute atomic E-state index is 0. The van der Waals surface area contributed by atoms with Crippen LogP contribution in [0.4, 0.5) is 4.79 Å². The van der Waals surface area contributed by atoms with Gasteiger partial charge in [-0.3, -0.25) is 0 Å². The smallest absolute Gasteiger partial charge is 0.793 e. The molecule has 1 amide bonds. The zero-order chi connectivity index (χ0) is 12.1. The topological polar surface area (TPSA) is 78.5 Å². The fourth-order valence-electron chi connectivity index (χ4n) is 0.817. The van der Waals surface area contributed by atoms with E-state index in [1.807, 2.05) is 0 Å². The number of carboxylic acids is 1. The molecule has 0 fully saturated rings. The van der Waals surface area contributed by atoms with Gasteiger partial charge in [0.05, 0.1) is 12.0 Å². The summed E-state index contributed by atoms with van der Waals surface area (Å²) in [5, 5.41) is 12.7. The van der Waals surface area contributed by atoms with Gasteiger partial charge in [-0.25, -0.2) is 4.79 Å². The van der Waals surface area contributed by atoms with E-state index in [9.17, 15) is 14.7 Å². The zero-order valence-electron chi connectivity index (χ0n) is 11.0. The van der Waals surface area contributed by atoms with E-state index in [0.717, 1.165) is 0 Å². The molecule has 1 N–H and O–H groups in total. The Morgan fingerprint density at radius 3 is 2.12 bits per heavy atom. The molecular weight excluding hydrogens is 264 g/mol. The van der Waals surface area contributed by atoms with Crippen LogP contribution in [0.15, 0.2) is 0 Å². The third-order valence-electron chi connectivity index (χ3n) is 1.38. The SMILES string of the molecule is CC(C)(C)OC(=O)NC(CC[S-])C(=O)[O-].[Na+].[Na+]. The third kappa shape index (κ3) is 13.3. The summed E-state index contributed by atoms with van der Waals surface area (Å²) >= 11 is 4.63. The van der Waals surface area contributed by atoms with Crippen molar-refractivity contribution in [1.82, 2.24) is 5.32 Å². The van der Waals surface area contributed by atoms with Crippen molar-refractivity contribution in [1.29, 1.82) is 0 Å². The molecule has 0 heterocycles. The molecule has 88 valence electrons. The Morgan fingerprint density at radius 1 is 1.35 bits per heavy atom. The summed E-state index contributed by atoms with van der Waals surface area (Å²) in [4.78, 5) is 21.8. The minimum Gasteiger partial charge on any atom is -0.793 e. The largest absolute Gasteiger partial charge is 1.00 e. The van der Waals surface area contributed by atoms with E-state index in [1.54, 1.807) is 20.8 Å². The van der Waals surface area contributed by atoms with Crippen LogP contribution >= 0.6 is 0 Å². The summed E-state index contributed by atoms with van der Waals surface area (Å²) < 4.78 is 4.89. The normalized spacial score (nSPS) is 11.5. The van der Waals surface area contributed by atoms with Gasteiger partial charge in [0.15, 0.2) is 0 Å². The Hall–Kier alpha value is 1.09. The second-order valence-electron chi connectivity index (χ2n) is 4.01. The van der Waals surface area contributed by atoms with Crippen molar-refractivity contribution in [2.45, 2.75) is 38.8 Å². The Morgan fingerprint density at radius 2 is 1.82 bits per heavy atom. The molecule has 0 aliphatic heterocycles. The second-order valence-corrected chi connectivity index (χ2v) is 4.42. The molecular formula is C9H15NNa2O4S. The van der Waals surface area contributed by atoms with Gasteiger partial charge in [-0.05, 0) is 27.2 Å². The first kappa shape index (κ1) is 23.2. The molecule has 0 aromatic heterocycles. The van der Waals surface area contributed by atoms with Gasteiger partial charge >= 0.3 is 65.2 Å². The van der Waals surface area contributed by atoms with Crippen molar-refractivity contribution in [2.24, 2.45) is 0 Å². The van der Waals surface area contributed by atoms with Gasteiger partial charge in [0.1, 0.15) is 5.60 Å². The third-order valence-corrected chi connectivity index (χ3v) is 1.62. The maximum absolute atomic E-state index is 11.2. The molecule has 0 aliphatic rings. The Bertz CT molecular complexity index is 246. The van der Waals surface area contributed by atoms with Crippen LogP contribution in [0.3, 0.4) is 0 Å². The second kappa shape index (κ2) is 11.0. The first-order valence-electron chi connectivity index (χ1n) is 4.54. The van der Waals surface area contributed by atoms with Gasteiger partial charge in [-0.15, -0.1) is 0 Å². The number of carboxylic acid groups (broad SMARTS) is 1. The number of carbonyl (C=O) groups is 2. The Balaban J connectivity index is -0.000000980. The summed E-state index contributed by atoms with van der Waals surface area (Å²) in [5.41, 5.74) is -0.658. The molecule has 0 aromatic carbocycles. The molecule has 0 saturated carbocycles. The van der Waals surface area contributed by atoms with E-state index in [-0.39, 0.29) is 71.3 Å². The maximum atomic E-state index is 11.2. The first-order chi connectivity index (χ1) is 6.76. The van der Waals surface area contributed by atoms with E-state index in [2.05, 4.69) is 17.9 Å². The summed E-state index contributed by atoms with van der Waals surface area (Å²) in [7, 11) is 0.